The van der Waals surface area contributed by atoms with Gasteiger partial charge in [0.05, 0.1) is 20.4 Å². The Hall–Kier alpha value is -3.35. The second-order valence-electron chi connectivity index (χ2n) is 6.38. The van der Waals surface area contributed by atoms with E-state index in [0.717, 1.165) is 11.1 Å². The van der Waals surface area contributed by atoms with E-state index in [9.17, 15) is 0 Å². The van der Waals surface area contributed by atoms with Crippen LogP contribution in [0.1, 0.15) is 36.8 Å². The molecule has 3 rings (SSSR count). The van der Waals surface area contributed by atoms with Crippen LogP contribution in [0.3, 0.4) is 0 Å². The number of para-hydroxylation sites is 1. The van der Waals surface area contributed by atoms with E-state index < -0.39 is 0 Å². The number of ether oxygens (including phenoxy) is 2. The zero-order chi connectivity index (χ0) is 19.9. The van der Waals surface area contributed by atoms with Crippen molar-refractivity contribution in [3.8, 4) is 22.9 Å². The Morgan fingerprint density at radius 1 is 1.07 bits per heavy atom. The van der Waals surface area contributed by atoms with Crippen molar-refractivity contribution in [1.82, 2.24) is 10.1 Å². The molecule has 0 unspecified atom stereocenters. The number of aromatic nitrogens is 2. The summed E-state index contributed by atoms with van der Waals surface area (Å²) in [6.45, 7) is 4.38. The lowest BCUT2D eigenvalue weighted by molar-refractivity contribution is 0.107. The second kappa shape index (κ2) is 9.03. The maximum absolute atomic E-state index is 5.35. The molecule has 7 heteroatoms. The van der Waals surface area contributed by atoms with Crippen LogP contribution in [0, 0.1) is 0 Å². The molecule has 1 aromatic heterocycles. The molecule has 28 heavy (non-hydrogen) atoms. The molecular weight excluding hydrogens is 358 g/mol. The first-order chi connectivity index (χ1) is 13.6. The first-order valence-electron chi connectivity index (χ1n) is 8.91. The first kappa shape index (κ1) is 19.4. The molecule has 3 aromatic rings. The summed E-state index contributed by atoms with van der Waals surface area (Å²) in [5.74, 6) is 2.55. The summed E-state index contributed by atoms with van der Waals surface area (Å²) >= 11 is 0. The van der Waals surface area contributed by atoms with E-state index in [2.05, 4.69) is 41.3 Å². The minimum Gasteiger partial charge on any atom is -0.493 e. The van der Waals surface area contributed by atoms with E-state index >= 15 is 0 Å². The highest BCUT2D eigenvalue weighted by Gasteiger charge is 2.10. The molecule has 0 aliphatic rings. The van der Waals surface area contributed by atoms with Gasteiger partial charge in [0.2, 0.25) is 5.82 Å². The summed E-state index contributed by atoms with van der Waals surface area (Å²) in [6, 6.07) is 13.6. The van der Waals surface area contributed by atoms with Gasteiger partial charge in [0.15, 0.2) is 18.1 Å². The van der Waals surface area contributed by atoms with Crippen LogP contribution >= 0.6 is 0 Å². The van der Waals surface area contributed by atoms with Gasteiger partial charge in [0, 0.05) is 11.1 Å². The Morgan fingerprint density at radius 2 is 1.86 bits per heavy atom. The number of benzene rings is 2. The highest BCUT2D eigenvalue weighted by Crippen LogP contribution is 2.29. The molecule has 0 atom stereocenters. The van der Waals surface area contributed by atoms with Gasteiger partial charge < -0.3 is 18.8 Å². The predicted octanol–water partition coefficient (Wildman–Crippen LogP) is 4.43. The van der Waals surface area contributed by atoms with Gasteiger partial charge in [0.1, 0.15) is 0 Å². The molecule has 0 N–H and O–H groups in total. The molecule has 1 heterocycles. The van der Waals surface area contributed by atoms with Crippen LogP contribution in [-0.2, 0) is 11.4 Å². The zero-order valence-corrected chi connectivity index (χ0v) is 16.4. The average Bonchev–Trinajstić information content (AvgIpc) is 3.19. The van der Waals surface area contributed by atoms with Gasteiger partial charge in [0.25, 0.3) is 5.89 Å². The Morgan fingerprint density at radius 3 is 2.54 bits per heavy atom. The topological polar surface area (TPSA) is 79.0 Å². The van der Waals surface area contributed by atoms with Crippen LogP contribution in [0.5, 0.6) is 11.5 Å². The van der Waals surface area contributed by atoms with Crippen molar-refractivity contribution in [2.24, 2.45) is 5.16 Å². The van der Waals surface area contributed by atoms with E-state index in [1.807, 2.05) is 30.3 Å². The molecule has 0 saturated heterocycles. The summed E-state index contributed by atoms with van der Waals surface area (Å²) in [6.07, 6.45) is 1.54. The normalized spacial score (nSPS) is 11.2. The maximum atomic E-state index is 5.35. The Labute approximate surface area is 163 Å². The number of hydrogen-bond acceptors (Lipinski definition) is 7. The highest BCUT2D eigenvalue weighted by atomic mass is 16.6. The summed E-state index contributed by atoms with van der Waals surface area (Å²) in [4.78, 5) is 9.61. The minimum atomic E-state index is 0.0693. The molecule has 0 aliphatic carbocycles. The van der Waals surface area contributed by atoms with Gasteiger partial charge in [-0.15, -0.1) is 0 Å². The first-order valence-corrected chi connectivity index (χ1v) is 8.91. The van der Waals surface area contributed by atoms with Crippen LogP contribution in [0.15, 0.2) is 52.1 Å². The number of oxime groups is 1. The summed E-state index contributed by atoms with van der Waals surface area (Å²) in [5.41, 5.74) is 2.89. The van der Waals surface area contributed by atoms with Crippen LogP contribution in [0.2, 0.25) is 0 Å². The van der Waals surface area contributed by atoms with Gasteiger partial charge in [-0.05, 0) is 23.6 Å². The van der Waals surface area contributed by atoms with Crippen molar-refractivity contribution in [1.29, 1.82) is 0 Å². The number of rotatable bonds is 8. The van der Waals surface area contributed by atoms with Crippen molar-refractivity contribution in [3.05, 3.63) is 59.5 Å². The minimum absolute atomic E-state index is 0.0693. The van der Waals surface area contributed by atoms with Crippen LogP contribution in [0.25, 0.3) is 11.4 Å². The van der Waals surface area contributed by atoms with Crippen molar-refractivity contribution >= 4 is 6.21 Å². The standard InChI is InChI=1S/C21H23N3O4/c1-14(2)15-8-10-16(11-9-15)21-23-19(28-24-21)13-27-22-12-17-6-5-7-18(25-3)20(17)26-4/h5-12,14H,13H2,1-4H3/b22-12-. The molecule has 0 saturated carbocycles. The van der Waals surface area contributed by atoms with Crippen LogP contribution in [0.4, 0.5) is 0 Å². The van der Waals surface area contributed by atoms with Crippen LogP contribution in [-0.4, -0.2) is 30.6 Å². The Balaban J connectivity index is 1.61. The molecule has 0 bridgehead atoms. The Bertz CT molecular complexity index is 933. The lowest BCUT2D eigenvalue weighted by Crippen LogP contribution is -1.95. The quantitative estimate of drug-likeness (QED) is 0.424. The van der Waals surface area contributed by atoms with E-state index in [4.69, 9.17) is 18.8 Å². The number of nitrogens with zero attached hydrogens (tertiary/aromatic N) is 3. The van der Waals surface area contributed by atoms with Gasteiger partial charge >= 0.3 is 0 Å². The molecule has 0 aliphatic heterocycles. The number of hydrogen-bond donors (Lipinski definition) is 0. The van der Waals surface area contributed by atoms with Gasteiger partial charge in [-0.25, -0.2) is 0 Å². The highest BCUT2D eigenvalue weighted by molar-refractivity contribution is 5.84. The van der Waals surface area contributed by atoms with Gasteiger partial charge in [-0.2, -0.15) is 4.98 Å². The van der Waals surface area contributed by atoms with Gasteiger partial charge in [-0.1, -0.05) is 54.5 Å². The molecule has 146 valence electrons. The third-order valence-corrected chi connectivity index (χ3v) is 4.19. The van der Waals surface area contributed by atoms with E-state index in [1.165, 1.54) is 5.56 Å². The fraction of sp³-hybridized carbons (Fsp3) is 0.286. The average molecular weight is 381 g/mol. The molecule has 0 amide bonds. The van der Waals surface area contributed by atoms with Crippen molar-refractivity contribution in [2.45, 2.75) is 26.4 Å². The largest absolute Gasteiger partial charge is 0.493 e. The maximum Gasteiger partial charge on any atom is 0.267 e. The van der Waals surface area contributed by atoms with Crippen molar-refractivity contribution in [2.75, 3.05) is 14.2 Å². The monoisotopic (exact) mass is 381 g/mol. The molecule has 2 aromatic carbocycles. The molecule has 7 nitrogen and oxygen atoms in total. The lowest BCUT2D eigenvalue weighted by atomic mass is 10.0. The number of methoxy groups -OCH3 is 2. The third-order valence-electron chi connectivity index (χ3n) is 4.19. The van der Waals surface area contributed by atoms with Crippen LogP contribution < -0.4 is 9.47 Å². The van der Waals surface area contributed by atoms with Crippen molar-refractivity contribution in [3.63, 3.8) is 0 Å². The molecule has 0 radical (unpaired) electrons. The van der Waals surface area contributed by atoms with E-state index in [-0.39, 0.29) is 6.61 Å². The predicted molar refractivity (Wildman–Crippen MR) is 106 cm³/mol. The van der Waals surface area contributed by atoms with E-state index in [0.29, 0.717) is 29.1 Å². The second-order valence-corrected chi connectivity index (χ2v) is 6.38. The molecular formula is C21H23N3O4. The Kier molecular flexibility index (Phi) is 6.26. The molecule has 0 fully saturated rings. The third kappa shape index (κ3) is 4.49. The fourth-order valence-electron chi connectivity index (χ4n) is 2.65. The molecule has 0 spiro atoms. The van der Waals surface area contributed by atoms with Gasteiger partial charge in [-0.3, -0.25) is 0 Å². The van der Waals surface area contributed by atoms with Crippen molar-refractivity contribution < 1.29 is 18.8 Å². The summed E-state index contributed by atoms with van der Waals surface area (Å²) in [5, 5.41) is 7.94. The van der Waals surface area contributed by atoms with E-state index in [1.54, 1.807) is 20.4 Å². The summed E-state index contributed by atoms with van der Waals surface area (Å²) < 4.78 is 15.8. The summed E-state index contributed by atoms with van der Waals surface area (Å²) in [7, 11) is 3.16. The fourth-order valence-corrected chi connectivity index (χ4v) is 2.65. The SMILES string of the molecule is COc1cccc(/C=N\OCc2nc(-c3ccc(C(C)C)cc3)no2)c1OC. The zero-order valence-electron chi connectivity index (χ0n) is 16.4. The lowest BCUT2D eigenvalue weighted by Gasteiger charge is -2.09. The smallest absolute Gasteiger partial charge is 0.267 e.